The van der Waals surface area contributed by atoms with Crippen molar-refractivity contribution in [3.05, 3.63) is 25.0 Å². The Balaban J connectivity index is 1.67. The van der Waals surface area contributed by atoms with Gasteiger partial charge in [-0.05, 0) is 32.7 Å². The maximum absolute atomic E-state index is 4.43. The predicted octanol–water partition coefficient (Wildman–Crippen LogP) is 2.50. The minimum Gasteiger partial charge on any atom is -0.353 e. The molecule has 0 aliphatic carbocycles. The van der Waals surface area contributed by atoms with Crippen molar-refractivity contribution in [2.45, 2.75) is 56.8 Å². The molecule has 104 valence electrons. The van der Waals surface area contributed by atoms with E-state index in [0.717, 1.165) is 24.6 Å². The first-order chi connectivity index (χ1) is 9.28. The summed E-state index contributed by atoms with van der Waals surface area (Å²) in [5.74, 6) is 0.993. The highest BCUT2D eigenvalue weighted by atomic mass is 15.2. The summed E-state index contributed by atoms with van der Waals surface area (Å²) in [7, 11) is 2.30. The zero-order valence-corrected chi connectivity index (χ0v) is 11.8. The molecule has 0 spiro atoms. The van der Waals surface area contributed by atoms with Gasteiger partial charge in [0.25, 0.3) is 0 Å². The van der Waals surface area contributed by atoms with Gasteiger partial charge in [0.1, 0.15) is 0 Å². The Morgan fingerprint density at radius 1 is 1.42 bits per heavy atom. The minimum atomic E-state index is 0.567. The lowest BCUT2D eigenvalue weighted by atomic mass is 9.82. The van der Waals surface area contributed by atoms with Gasteiger partial charge in [0, 0.05) is 37.1 Å². The second-order valence-electron chi connectivity index (χ2n) is 5.91. The Kier molecular flexibility index (Phi) is 3.60. The molecule has 3 rings (SSSR count). The number of anilines is 1. The number of rotatable bonds is 4. The molecule has 19 heavy (non-hydrogen) atoms. The first kappa shape index (κ1) is 12.7. The quantitative estimate of drug-likeness (QED) is 0.844. The van der Waals surface area contributed by atoms with Crippen LogP contribution in [0.1, 0.15) is 32.1 Å². The van der Waals surface area contributed by atoms with E-state index in [1.807, 2.05) is 18.5 Å². The lowest BCUT2D eigenvalue weighted by Crippen LogP contribution is -2.53. The molecule has 2 aliphatic rings. The molecule has 2 aliphatic heterocycles. The second kappa shape index (κ2) is 5.37. The van der Waals surface area contributed by atoms with Crippen LogP contribution in [0.15, 0.2) is 25.0 Å². The van der Waals surface area contributed by atoms with Gasteiger partial charge >= 0.3 is 0 Å². The number of fused-ring (bicyclic) bond motifs is 2. The fourth-order valence-corrected chi connectivity index (χ4v) is 3.65. The molecule has 0 amide bonds. The van der Waals surface area contributed by atoms with Crippen LogP contribution in [0, 0.1) is 0 Å². The minimum absolute atomic E-state index is 0.567. The largest absolute Gasteiger partial charge is 0.353 e. The average molecular weight is 260 g/mol. The summed E-state index contributed by atoms with van der Waals surface area (Å²) < 4.78 is 2.13. The molecule has 0 radical (unpaired) electrons. The van der Waals surface area contributed by atoms with Gasteiger partial charge in [0.15, 0.2) is 0 Å². The summed E-state index contributed by atoms with van der Waals surface area (Å²) in [6, 6.07) is 2.08. The second-order valence-corrected chi connectivity index (χ2v) is 5.91. The van der Waals surface area contributed by atoms with Gasteiger partial charge < -0.3 is 14.8 Å². The molecule has 1 N–H and O–H groups in total. The van der Waals surface area contributed by atoms with Crippen molar-refractivity contribution in [2.24, 2.45) is 0 Å². The van der Waals surface area contributed by atoms with Crippen LogP contribution in [0.5, 0.6) is 0 Å². The van der Waals surface area contributed by atoms with Crippen LogP contribution in [0.3, 0.4) is 0 Å². The highest BCUT2D eigenvalue weighted by Gasteiger charge is 2.36. The molecule has 2 saturated heterocycles. The number of aromatic nitrogens is 2. The number of hydrogen-bond donors (Lipinski definition) is 1. The lowest BCUT2D eigenvalue weighted by Gasteiger charge is -2.47. The third-order valence-electron chi connectivity index (χ3n) is 4.71. The number of hydrogen-bond acceptors (Lipinski definition) is 3. The number of allylic oxidation sites excluding steroid dienone is 1. The molecule has 2 unspecified atom stereocenters. The average Bonchev–Trinajstić information content (AvgIpc) is 2.79. The summed E-state index contributed by atoms with van der Waals surface area (Å²) in [4.78, 5) is 7.03. The van der Waals surface area contributed by atoms with Crippen LogP contribution >= 0.6 is 0 Å². The number of imidazole rings is 1. The van der Waals surface area contributed by atoms with Crippen molar-refractivity contribution in [1.29, 1.82) is 0 Å². The van der Waals surface area contributed by atoms with E-state index in [4.69, 9.17) is 0 Å². The number of piperidine rings is 2. The molecular formula is C15H24N4. The predicted molar refractivity (Wildman–Crippen MR) is 78.3 cm³/mol. The van der Waals surface area contributed by atoms with Gasteiger partial charge in [0.2, 0.25) is 5.95 Å². The smallest absolute Gasteiger partial charge is 0.203 e. The molecular weight excluding hydrogens is 236 g/mol. The van der Waals surface area contributed by atoms with Crippen molar-refractivity contribution < 1.29 is 0 Å². The molecule has 1 aromatic heterocycles. The zero-order valence-electron chi connectivity index (χ0n) is 11.8. The van der Waals surface area contributed by atoms with Crippen molar-refractivity contribution in [3.63, 3.8) is 0 Å². The van der Waals surface area contributed by atoms with Crippen molar-refractivity contribution in [3.8, 4) is 0 Å². The fraction of sp³-hybridized carbons (Fsp3) is 0.667. The van der Waals surface area contributed by atoms with Crippen LogP contribution in [-0.2, 0) is 6.54 Å². The Hall–Kier alpha value is -1.29. The Morgan fingerprint density at radius 3 is 2.84 bits per heavy atom. The normalized spacial score (nSPS) is 31.1. The molecule has 1 aromatic rings. The molecule has 4 heteroatoms. The Bertz CT molecular complexity index is 425. The standard InChI is InChI=1S/C15H24N4/c1-3-8-19-9-7-16-15(19)17-12-10-13-5-4-6-14(11-12)18(13)2/h3,7,9,12-14H,1,4-6,8,10-11H2,2H3,(H,16,17). The van der Waals surface area contributed by atoms with Gasteiger partial charge in [-0.2, -0.15) is 0 Å². The first-order valence-corrected chi connectivity index (χ1v) is 7.38. The van der Waals surface area contributed by atoms with Gasteiger partial charge in [-0.15, -0.1) is 6.58 Å². The fourth-order valence-electron chi connectivity index (χ4n) is 3.65. The highest BCUT2D eigenvalue weighted by Crippen LogP contribution is 2.33. The van der Waals surface area contributed by atoms with Gasteiger partial charge in [-0.3, -0.25) is 0 Å². The maximum Gasteiger partial charge on any atom is 0.203 e. The highest BCUT2D eigenvalue weighted by molar-refractivity contribution is 5.28. The van der Waals surface area contributed by atoms with Gasteiger partial charge in [-0.1, -0.05) is 12.5 Å². The topological polar surface area (TPSA) is 33.1 Å². The molecule has 2 atom stereocenters. The van der Waals surface area contributed by atoms with Crippen LogP contribution in [0.4, 0.5) is 5.95 Å². The summed E-state index contributed by atoms with van der Waals surface area (Å²) >= 11 is 0. The Morgan fingerprint density at radius 2 is 2.16 bits per heavy atom. The zero-order chi connectivity index (χ0) is 13.2. The summed E-state index contributed by atoms with van der Waals surface area (Å²) in [5.41, 5.74) is 0. The van der Waals surface area contributed by atoms with E-state index in [2.05, 4.69) is 33.4 Å². The van der Waals surface area contributed by atoms with E-state index in [9.17, 15) is 0 Å². The van der Waals surface area contributed by atoms with Crippen molar-refractivity contribution in [2.75, 3.05) is 12.4 Å². The van der Waals surface area contributed by atoms with Crippen LogP contribution in [-0.4, -0.2) is 39.6 Å². The summed E-state index contributed by atoms with van der Waals surface area (Å²) in [6.45, 7) is 4.62. The number of nitrogens with one attached hydrogen (secondary N) is 1. The summed E-state index contributed by atoms with van der Waals surface area (Å²) in [5, 5.41) is 3.64. The van der Waals surface area contributed by atoms with E-state index >= 15 is 0 Å². The van der Waals surface area contributed by atoms with Gasteiger partial charge in [0.05, 0.1) is 0 Å². The van der Waals surface area contributed by atoms with Crippen molar-refractivity contribution in [1.82, 2.24) is 14.5 Å². The van der Waals surface area contributed by atoms with Crippen LogP contribution in [0.25, 0.3) is 0 Å². The monoisotopic (exact) mass is 260 g/mol. The summed E-state index contributed by atoms with van der Waals surface area (Å²) in [6.07, 6.45) is 12.4. The SMILES string of the molecule is C=CCn1ccnc1NC1CC2CCCC(C1)N2C. The third-order valence-corrected chi connectivity index (χ3v) is 4.71. The third kappa shape index (κ3) is 2.54. The molecule has 0 aromatic carbocycles. The van der Waals surface area contributed by atoms with E-state index in [1.165, 1.54) is 32.1 Å². The van der Waals surface area contributed by atoms with E-state index in [0.29, 0.717) is 6.04 Å². The van der Waals surface area contributed by atoms with Crippen LogP contribution in [0.2, 0.25) is 0 Å². The Labute approximate surface area is 115 Å². The van der Waals surface area contributed by atoms with Gasteiger partial charge in [-0.25, -0.2) is 4.98 Å². The molecule has 0 saturated carbocycles. The molecule has 3 heterocycles. The number of nitrogens with zero attached hydrogens (tertiary/aromatic N) is 3. The molecule has 2 bridgehead atoms. The van der Waals surface area contributed by atoms with E-state index in [-0.39, 0.29) is 0 Å². The first-order valence-electron chi connectivity index (χ1n) is 7.38. The van der Waals surface area contributed by atoms with E-state index < -0.39 is 0 Å². The molecule has 4 nitrogen and oxygen atoms in total. The molecule has 2 fully saturated rings. The van der Waals surface area contributed by atoms with Crippen LogP contribution < -0.4 is 5.32 Å². The lowest BCUT2D eigenvalue weighted by molar-refractivity contribution is 0.0606. The maximum atomic E-state index is 4.43. The van der Waals surface area contributed by atoms with E-state index in [1.54, 1.807) is 0 Å². The van der Waals surface area contributed by atoms with Crippen molar-refractivity contribution >= 4 is 5.95 Å².